The van der Waals surface area contributed by atoms with Crippen LogP contribution in [0.4, 0.5) is 10.1 Å². The van der Waals surface area contributed by atoms with Crippen molar-refractivity contribution in [2.24, 2.45) is 0 Å². The molecule has 0 aliphatic rings. The lowest BCUT2D eigenvalue weighted by Crippen LogP contribution is -2.18. The fourth-order valence-electron chi connectivity index (χ4n) is 1.09. The molecule has 5 heteroatoms. The van der Waals surface area contributed by atoms with Gasteiger partial charge in [0.15, 0.2) is 0 Å². The van der Waals surface area contributed by atoms with Crippen LogP contribution in [0.5, 0.6) is 0 Å². The minimum Gasteiger partial charge on any atom is -0.372 e. The van der Waals surface area contributed by atoms with Crippen LogP contribution in [-0.4, -0.2) is 19.1 Å². The monoisotopic (exact) mass is 289 g/mol. The number of halogens is 2. The third kappa shape index (κ3) is 4.28. The molecule has 0 heterocycles. The summed E-state index contributed by atoms with van der Waals surface area (Å²) in [7, 11) is 0. The first-order valence-corrected chi connectivity index (χ1v) is 5.75. The Morgan fingerprint density at radius 2 is 2.31 bits per heavy atom. The van der Waals surface area contributed by atoms with Crippen LogP contribution in [0, 0.1) is 5.82 Å². The number of amides is 1. The van der Waals surface area contributed by atoms with E-state index in [4.69, 9.17) is 4.74 Å². The van der Waals surface area contributed by atoms with Gasteiger partial charge in [-0.25, -0.2) is 4.39 Å². The number of carbonyl (C=O) groups is 1. The van der Waals surface area contributed by atoms with E-state index >= 15 is 0 Å². The highest BCUT2D eigenvalue weighted by Crippen LogP contribution is 2.22. The minimum absolute atomic E-state index is 0.0171. The maximum atomic E-state index is 12.9. The smallest absolute Gasteiger partial charge is 0.250 e. The molecule has 0 saturated carbocycles. The molecule has 0 fully saturated rings. The summed E-state index contributed by atoms with van der Waals surface area (Å²) in [6.07, 6.45) is 0.858. The van der Waals surface area contributed by atoms with E-state index in [1.165, 1.54) is 18.2 Å². The van der Waals surface area contributed by atoms with Gasteiger partial charge in [0.05, 0.1) is 5.69 Å². The van der Waals surface area contributed by atoms with E-state index < -0.39 is 5.82 Å². The summed E-state index contributed by atoms with van der Waals surface area (Å²) in [5.41, 5.74) is 0.407. The predicted octanol–water partition coefficient (Wildman–Crippen LogP) is 2.95. The van der Waals surface area contributed by atoms with Gasteiger partial charge in [0, 0.05) is 11.1 Å². The van der Waals surface area contributed by atoms with Crippen LogP contribution in [0.15, 0.2) is 22.7 Å². The third-order valence-corrected chi connectivity index (χ3v) is 2.48. The van der Waals surface area contributed by atoms with Gasteiger partial charge in [0.1, 0.15) is 12.4 Å². The van der Waals surface area contributed by atoms with Crippen molar-refractivity contribution in [3.8, 4) is 0 Å². The van der Waals surface area contributed by atoms with Crippen LogP contribution in [0.25, 0.3) is 0 Å². The van der Waals surface area contributed by atoms with Crippen molar-refractivity contribution in [1.29, 1.82) is 0 Å². The Kier molecular flexibility index (Phi) is 5.42. The molecule has 1 aromatic rings. The number of anilines is 1. The zero-order valence-corrected chi connectivity index (χ0v) is 10.5. The van der Waals surface area contributed by atoms with Gasteiger partial charge in [-0.3, -0.25) is 4.79 Å². The van der Waals surface area contributed by atoms with E-state index in [0.29, 0.717) is 16.8 Å². The average Bonchev–Trinajstić information content (AvgIpc) is 2.24. The summed E-state index contributed by atoms with van der Waals surface area (Å²) in [5.74, 6) is -0.687. The summed E-state index contributed by atoms with van der Waals surface area (Å²) in [6.45, 7) is 2.48. The van der Waals surface area contributed by atoms with E-state index in [2.05, 4.69) is 21.2 Å². The van der Waals surface area contributed by atoms with Gasteiger partial charge in [-0.05, 0) is 40.5 Å². The quantitative estimate of drug-likeness (QED) is 0.847. The molecule has 16 heavy (non-hydrogen) atoms. The van der Waals surface area contributed by atoms with Crippen LogP contribution in [0.2, 0.25) is 0 Å². The van der Waals surface area contributed by atoms with Gasteiger partial charge in [0.2, 0.25) is 5.91 Å². The SMILES string of the molecule is CCCOCC(=O)Nc1cc(F)ccc1Br. The van der Waals surface area contributed by atoms with E-state index in [1.54, 1.807) is 0 Å². The standard InChI is InChI=1S/C11H13BrFNO2/c1-2-5-16-7-11(15)14-10-6-8(13)3-4-9(10)12/h3-4,6H,2,5,7H2,1H3,(H,14,15). The molecule has 1 amide bonds. The summed E-state index contributed by atoms with van der Waals surface area (Å²) >= 11 is 3.22. The number of ether oxygens (including phenoxy) is 1. The molecule has 0 atom stereocenters. The minimum atomic E-state index is -0.395. The summed E-state index contributed by atoms with van der Waals surface area (Å²) < 4.78 is 18.6. The number of rotatable bonds is 5. The van der Waals surface area contributed by atoms with Crippen molar-refractivity contribution < 1.29 is 13.9 Å². The molecule has 0 saturated heterocycles. The highest BCUT2D eigenvalue weighted by molar-refractivity contribution is 9.10. The third-order valence-electron chi connectivity index (χ3n) is 1.78. The molecule has 0 bridgehead atoms. The zero-order chi connectivity index (χ0) is 12.0. The summed E-state index contributed by atoms with van der Waals surface area (Å²) in [5, 5.41) is 2.56. The van der Waals surface area contributed by atoms with Gasteiger partial charge in [-0.15, -0.1) is 0 Å². The molecule has 3 nitrogen and oxygen atoms in total. The van der Waals surface area contributed by atoms with Gasteiger partial charge in [-0.1, -0.05) is 6.92 Å². The number of nitrogens with one attached hydrogen (secondary N) is 1. The highest BCUT2D eigenvalue weighted by Gasteiger charge is 2.06. The number of hydrogen-bond donors (Lipinski definition) is 1. The molecule has 88 valence electrons. The van der Waals surface area contributed by atoms with Crippen LogP contribution in [-0.2, 0) is 9.53 Å². The Morgan fingerprint density at radius 1 is 1.56 bits per heavy atom. The topological polar surface area (TPSA) is 38.3 Å². The first kappa shape index (κ1) is 13.1. The lowest BCUT2D eigenvalue weighted by molar-refractivity contribution is -0.120. The van der Waals surface area contributed by atoms with E-state index in [-0.39, 0.29) is 12.5 Å². The molecule has 0 unspecified atom stereocenters. The van der Waals surface area contributed by atoms with Crippen molar-refractivity contribution in [2.45, 2.75) is 13.3 Å². The van der Waals surface area contributed by atoms with Crippen molar-refractivity contribution in [3.63, 3.8) is 0 Å². The van der Waals surface area contributed by atoms with Crippen LogP contribution in [0.1, 0.15) is 13.3 Å². The van der Waals surface area contributed by atoms with Gasteiger partial charge >= 0.3 is 0 Å². The van der Waals surface area contributed by atoms with Crippen molar-refractivity contribution >= 4 is 27.5 Å². The average molecular weight is 290 g/mol. The number of carbonyl (C=O) groups excluding carboxylic acids is 1. The second-order valence-corrected chi connectivity index (χ2v) is 4.08. The maximum Gasteiger partial charge on any atom is 0.250 e. The Bertz CT molecular complexity index is 371. The molecule has 1 aromatic carbocycles. The molecule has 0 radical (unpaired) electrons. The first-order chi connectivity index (χ1) is 7.63. The van der Waals surface area contributed by atoms with Crippen molar-refractivity contribution in [3.05, 3.63) is 28.5 Å². The fourth-order valence-corrected chi connectivity index (χ4v) is 1.43. The summed E-state index contributed by atoms with van der Waals surface area (Å²) in [4.78, 5) is 11.4. The van der Waals surface area contributed by atoms with Crippen molar-refractivity contribution in [2.75, 3.05) is 18.5 Å². The summed E-state index contributed by atoms with van der Waals surface area (Å²) in [6, 6.07) is 4.10. The maximum absolute atomic E-state index is 12.9. The van der Waals surface area contributed by atoms with Crippen LogP contribution < -0.4 is 5.32 Å². The molecule has 0 aliphatic heterocycles. The Hall–Kier alpha value is -0.940. The number of benzene rings is 1. The Morgan fingerprint density at radius 3 is 3.00 bits per heavy atom. The van der Waals surface area contributed by atoms with Gasteiger partial charge < -0.3 is 10.1 Å². The molecule has 1 rings (SSSR count). The normalized spacial score (nSPS) is 10.2. The largest absolute Gasteiger partial charge is 0.372 e. The fraction of sp³-hybridized carbons (Fsp3) is 0.364. The molecule has 0 spiro atoms. The molecule has 1 N–H and O–H groups in total. The lowest BCUT2D eigenvalue weighted by Gasteiger charge is -2.07. The molecule has 0 aliphatic carbocycles. The van der Waals surface area contributed by atoms with Gasteiger partial charge in [0.25, 0.3) is 0 Å². The molecule has 0 aromatic heterocycles. The van der Waals surface area contributed by atoms with E-state index in [1.807, 2.05) is 6.92 Å². The first-order valence-electron chi connectivity index (χ1n) is 4.96. The number of hydrogen-bond acceptors (Lipinski definition) is 2. The Labute approximate surface area is 102 Å². The molecular formula is C11H13BrFNO2. The second kappa shape index (κ2) is 6.60. The highest BCUT2D eigenvalue weighted by atomic mass is 79.9. The van der Waals surface area contributed by atoms with Crippen LogP contribution in [0.3, 0.4) is 0 Å². The predicted molar refractivity (Wildman–Crippen MR) is 63.8 cm³/mol. The zero-order valence-electron chi connectivity index (χ0n) is 8.93. The second-order valence-electron chi connectivity index (χ2n) is 3.22. The van der Waals surface area contributed by atoms with Crippen molar-refractivity contribution in [1.82, 2.24) is 0 Å². The lowest BCUT2D eigenvalue weighted by atomic mass is 10.3. The van der Waals surface area contributed by atoms with Gasteiger partial charge in [-0.2, -0.15) is 0 Å². The van der Waals surface area contributed by atoms with E-state index in [9.17, 15) is 9.18 Å². The Balaban J connectivity index is 2.52. The van der Waals surface area contributed by atoms with Crippen LogP contribution >= 0.6 is 15.9 Å². The van der Waals surface area contributed by atoms with E-state index in [0.717, 1.165) is 6.42 Å². The molecular weight excluding hydrogens is 277 g/mol.